The maximum atomic E-state index is 12.3. The molecule has 4 aliphatic carbocycles. The smallest absolute Gasteiger partial charge is 0.224 e. The van der Waals surface area contributed by atoms with E-state index in [2.05, 4.69) is 5.32 Å². The van der Waals surface area contributed by atoms with Gasteiger partial charge in [-0.15, -0.1) is 0 Å². The molecule has 0 spiro atoms. The number of carbonyl (C=O) groups excluding carboxylic acids is 1. The highest BCUT2D eigenvalue weighted by Crippen LogP contribution is 2.61. The minimum absolute atomic E-state index is 0.00591. The Morgan fingerprint density at radius 1 is 1.12 bits per heavy atom. The molecule has 4 saturated carbocycles. The summed E-state index contributed by atoms with van der Waals surface area (Å²) < 4.78 is 0. The molecule has 2 N–H and O–H groups in total. The molecule has 4 fully saturated rings. The lowest BCUT2D eigenvalue weighted by molar-refractivity contribution is -0.128. The summed E-state index contributed by atoms with van der Waals surface area (Å²) in [7, 11) is 4.01. The molecular formula is C22H32N2O2. The first kappa shape index (κ1) is 17.8. The summed E-state index contributed by atoms with van der Waals surface area (Å²) in [6.07, 6.45) is 7.62. The summed E-state index contributed by atoms with van der Waals surface area (Å²) >= 11 is 0. The topological polar surface area (TPSA) is 52.6 Å². The zero-order valence-electron chi connectivity index (χ0n) is 16.1. The highest BCUT2D eigenvalue weighted by Gasteiger charge is 2.53. The lowest BCUT2D eigenvalue weighted by atomic mass is 9.48. The molecule has 4 heteroatoms. The van der Waals surface area contributed by atoms with Crippen LogP contribution in [0.2, 0.25) is 0 Å². The number of rotatable bonds is 6. The number of aliphatic hydroxyl groups is 1. The van der Waals surface area contributed by atoms with Gasteiger partial charge in [-0.2, -0.15) is 0 Å². The number of amides is 1. The van der Waals surface area contributed by atoms with Crippen molar-refractivity contribution in [3.8, 4) is 0 Å². The van der Waals surface area contributed by atoms with Crippen LogP contribution in [0.15, 0.2) is 24.3 Å². The normalized spacial score (nSPS) is 33.1. The highest BCUT2D eigenvalue weighted by molar-refractivity contribution is 5.78. The molecule has 0 saturated heterocycles. The van der Waals surface area contributed by atoms with Crippen molar-refractivity contribution in [2.45, 2.75) is 51.0 Å². The standard InChI is InChI=1S/C22H32N2O2/c1-24(2)19-5-3-15(4-6-19)10-21(26)23-14-20(25)22-11-16-7-17(12-22)9-18(8-16)13-22/h3-6,16-18,20,25H,7-14H2,1-2H3,(H,23,26). The fourth-order valence-corrected chi connectivity index (χ4v) is 6.17. The number of nitrogens with one attached hydrogen (secondary N) is 1. The van der Waals surface area contributed by atoms with E-state index in [0.29, 0.717) is 13.0 Å². The second-order valence-corrected chi connectivity index (χ2v) is 9.34. The molecule has 1 atom stereocenters. The Labute approximate surface area is 157 Å². The largest absolute Gasteiger partial charge is 0.391 e. The van der Waals surface area contributed by atoms with Crippen LogP contribution >= 0.6 is 0 Å². The molecule has 0 aliphatic heterocycles. The Hall–Kier alpha value is -1.55. The van der Waals surface area contributed by atoms with E-state index in [0.717, 1.165) is 29.0 Å². The van der Waals surface area contributed by atoms with Crippen LogP contribution in [0.1, 0.15) is 44.1 Å². The Balaban J connectivity index is 1.30. The van der Waals surface area contributed by atoms with Crippen LogP contribution in [0.3, 0.4) is 0 Å². The minimum atomic E-state index is -0.393. The number of nitrogens with zero attached hydrogens (tertiary/aromatic N) is 1. The summed E-state index contributed by atoms with van der Waals surface area (Å²) in [5.74, 6) is 2.47. The first-order chi connectivity index (χ1) is 12.4. The van der Waals surface area contributed by atoms with E-state index < -0.39 is 6.10 Å². The second-order valence-electron chi connectivity index (χ2n) is 9.34. The fraction of sp³-hybridized carbons (Fsp3) is 0.682. The molecule has 0 heterocycles. The third kappa shape index (κ3) is 3.48. The van der Waals surface area contributed by atoms with Crippen molar-refractivity contribution >= 4 is 11.6 Å². The summed E-state index contributed by atoms with van der Waals surface area (Å²) in [5.41, 5.74) is 2.22. The van der Waals surface area contributed by atoms with E-state index in [9.17, 15) is 9.90 Å². The fourth-order valence-electron chi connectivity index (χ4n) is 6.17. The summed E-state index contributed by atoms with van der Waals surface area (Å²) in [6, 6.07) is 8.08. The van der Waals surface area contributed by atoms with E-state index in [-0.39, 0.29) is 11.3 Å². The molecule has 4 aliphatic rings. The van der Waals surface area contributed by atoms with E-state index in [1.54, 1.807) is 0 Å². The van der Waals surface area contributed by atoms with Crippen LogP contribution in [0.5, 0.6) is 0 Å². The van der Waals surface area contributed by atoms with Crippen LogP contribution < -0.4 is 10.2 Å². The highest BCUT2D eigenvalue weighted by atomic mass is 16.3. The van der Waals surface area contributed by atoms with Gasteiger partial charge in [-0.25, -0.2) is 0 Å². The first-order valence-electron chi connectivity index (χ1n) is 10.1. The molecule has 142 valence electrons. The van der Waals surface area contributed by atoms with Crippen molar-refractivity contribution in [3.63, 3.8) is 0 Å². The molecule has 0 aromatic heterocycles. The number of hydrogen-bond acceptors (Lipinski definition) is 3. The van der Waals surface area contributed by atoms with Crippen LogP contribution in [-0.2, 0) is 11.2 Å². The maximum absolute atomic E-state index is 12.3. The van der Waals surface area contributed by atoms with Crippen LogP contribution in [-0.4, -0.2) is 37.8 Å². The summed E-state index contributed by atoms with van der Waals surface area (Å²) in [6.45, 7) is 0.404. The van der Waals surface area contributed by atoms with E-state index in [1.807, 2.05) is 43.3 Å². The van der Waals surface area contributed by atoms with Gasteiger partial charge >= 0.3 is 0 Å². The number of hydrogen-bond donors (Lipinski definition) is 2. The van der Waals surface area contributed by atoms with Crippen LogP contribution in [0.4, 0.5) is 5.69 Å². The summed E-state index contributed by atoms with van der Waals surface area (Å²) in [4.78, 5) is 14.4. The number of carbonyl (C=O) groups is 1. The quantitative estimate of drug-likeness (QED) is 0.824. The maximum Gasteiger partial charge on any atom is 0.224 e. The minimum Gasteiger partial charge on any atom is -0.391 e. The van der Waals surface area contributed by atoms with Crippen molar-refractivity contribution < 1.29 is 9.90 Å². The van der Waals surface area contributed by atoms with Gasteiger partial charge in [0.05, 0.1) is 12.5 Å². The number of benzene rings is 1. The van der Waals surface area contributed by atoms with Crippen molar-refractivity contribution in [2.24, 2.45) is 23.2 Å². The SMILES string of the molecule is CN(C)c1ccc(CC(=O)NCC(O)C23CC4CC(CC(C4)C2)C3)cc1. The zero-order valence-corrected chi connectivity index (χ0v) is 16.1. The molecule has 1 amide bonds. The predicted octanol–water partition coefficient (Wildman–Crippen LogP) is 2.99. The molecule has 1 aromatic rings. The Kier molecular flexibility index (Phi) is 4.72. The van der Waals surface area contributed by atoms with Gasteiger partial charge in [0.2, 0.25) is 5.91 Å². The van der Waals surface area contributed by atoms with Crippen molar-refractivity contribution in [1.29, 1.82) is 0 Å². The monoisotopic (exact) mass is 356 g/mol. The zero-order chi connectivity index (χ0) is 18.3. The van der Waals surface area contributed by atoms with Crippen molar-refractivity contribution in [3.05, 3.63) is 29.8 Å². The van der Waals surface area contributed by atoms with Gasteiger partial charge in [-0.05, 0) is 79.4 Å². The third-order valence-corrected chi connectivity index (χ3v) is 7.10. The molecule has 0 radical (unpaired) electrons. The van der Waals surface area contributed by atoms with Crippen molar-refractivity contribution in [1.82, 2.24) is 5.32 Å². The summed E-state index contributed by atoms with van der Waals surface area (Å²) in [5, 5.41) is 13.9. The van der Waals surface area contributed by atoms with Gasteiger partial charge in [0.25, 0.3) is 0 Å². The Bertz CT molecular complexity index is 617. The molecule has 4 nitrogen and oxygen atoms in total. The van der Waals surface area contributed by atoms with E-state index in [1.165, 1.54) is 38.5 Å². The van der Waals surface area contributed by atoms with Gasteiger partial charge in [0.15, 0.2) is 0 Å². The molecule has 5 rings (SSSR count). The Morgan fingerprint density at radius 3 is 2.15 bits per heavy atom. The van der Waals surface area contributed by atoms with Crippen LogP contribution in [0, 0.1) is 23.2 Å². The molecular weight excluding hydrogens is 324 g/mol. The van der Waals surface area contributed by atoms with Gasteiger partial charge in [-0.1, -0.05) is 12.1 Å². The lowest BCUT2D eigenvalue weighted by Gasteiger charge is -2.58. The average molecular weight is 357 g/mol. The van der Waals surface area contributed by atoms with Gasteiger partial charge < -0.3 is 15.3 Å². The molecule has 1 unspecified atom stereocenters. The first-order valence-corrected chi connectivity index (χ1v) is 10.1. The van der Waals surface area contributed by atoms with Crippen LogP contribution in [0.25, 0.3) is 0 Å². The second kappa shape index (κ2) is 6.88. The predicted molar refractivity (Wildman–Crippen MR) is 104 cm³/mol. The molecule has 4 bridgehead atoms. The van der Waals surface area contributed by atoms with Gasteiger partial charge in [0.1, 0.15) is 0 Å². The average Bonchev–Trinajstić information content (AvgIpc) is 2.59. The molecule has 26 heavy (non-hydrogen) atoms. The van der Waals surface area contributed by atoms with E-state index in [4.69, 9.17) is 0 Å². The number of anilines is 1. The Morgan fingerprint density at radius 2 is 1.65 bits per heavy atom. The number of aliphatic hydroxyl groups excluding tert-OH is 1. The van der Waals surface area contributed by atoms with Gasteiger partial charge in [0, 0.05) is 26.3 Å². The lowest BCUT2D eigenvalue weighted by Crippen LogP contribution is -2.54. The van der Waals surface area contributed by atoms with E-state index >= 15 is 0 Å². The molecule has 1 aromatic carbocycles. The van der Waals surface area contributed by atoms with Crippen molar-refractivity contribution in [2.75, 3.05) is 25.5 Å². The van der Waals surface area contributed by atoms with Gasteiger partial charge in [-0.3, -0.25) is 4.79 Å². The third-order valence-electron chi connectivity index (χ3n) is 7.10.